The lowest BCUT2D eigenvalue weighted by atomic mass is 9.78. The van der Waals surface area contributed by atoms with Crippen LogP contribution in [0.2, 0.25) is 0 Å². The molecule has 12 nitrogen and oxygen atoms in total. The molecule has 0 aromatic rings. The minimum Gasteiger partial charge on any atom is -0.481 e. The number of carboxylic acid groups (broad SMARTS) is 1. The number of nitrogens with zero attached hydrogens (tertiary/aromatic N) is 2. The average Bonchev–Trinajstić information content (AvgIpc) is 3.63. The van der Waals surface area contributed by atoms with Gasteiger partial charge in [-0.1, -0.05) is 6.92 Å². The second-order valence-electron chi connectivity index (χ2n) is 11.4. The lowest BCUT2D eigenvalue weighted by molar-refractivity contribution is -0.155. The van der Waals surface area contributed by atoms with Gasteiger partial charge < -0.3 is 42.3 Å². The molecule has 0 bridgehead atoms. The minimum absolute atomic E-state index is 0.0304. The van der Waals surface area contributed by atoms with E-state index in [-0.39, 0.29) is 65.5 Å². The monoisotopic (exact) mass is 549 g/mol. The van der Waals surface area contributed by atoms with Crippen molar-refractivity contribution in [1.29, 1.82) is 0 Å². The maximum absolute atomic E-state index is 13.3. The molecule has 5 aliphatic rings. The predicted molar refractivity (Wildman–Crippen MR) is 142 cm³/mol. The molecule has 0 aromatic carbocycles. The van der Waals surface area contributed by atoms with Crippen molar-refractivity contribution in [3.05, 3.63) is 10.6 Å². The van der Waals surface area contributed by atoms with E-state index in [4.69, 9.17) is 11.5 Å². The van der Waals surface area contributed by atoms with Crippen LogP contribution in [0.15, 0.2) is 10.6 Å². The van der Waals surface area contributed by atoms with E-state index in [1.54, 1.807) is 16.7 Å². The van der Waals surface area contributed by atoms with Gasteiger partial charge in [0.2, 0.25) is 17.7 Å². The second-order valence-corrected chi connectivity index (χ2v) is 12.8. The van der Waals surface area contributed by atoms with Crippen LogP contribution in [0.3, 0.4) is 0 Å². The summed E-state index contributed by atoms with van der Waals surface area (Å²) in [5.41, 5.74) is 12.4. The van der Waals surface area contributed by atoms with Gasteiger partial charge in [0.05, 0.1) is 30.5 Å². The van der Waals surface area contributed by atoms with Crippen LogP contribution in [0.5, 0.6) is 0 Å². The first-order valence-corrected chi connectivity index (χ1v) is 14.4. The molecule has 0 radical (unpaired) electrons. The van der Waals surface area contributed by atoms with Crippen molar-refractivity contribution in [2.45, 2.75) is 81.0 Å². The number of likely N-dealkylation sites (tertiary alicyclic amines) is 1. The summed E-state index contributed by atoms with van der Waals surface area (Å²) in [5.74, 6) is -1.73. The summed E-state index contributed by atoms with van der Waals surface area (Å²) < 4.78 is 0. The van der Waals surface area contributed by atoms with Gasteiger partial charge in [0.25, 0.3) is 0 Å². The van der Waals surface area contributed by atoms with Gasteiger partial charge in [-0.15, -0.1) is 11.8 Å². The quantitative estimate of drug-likeness (QED) is 0.192. The van der Waals surface area contributed by atoms with Crippen LogP contribution in [0.1, 0.15) is 39.5 Å². The van der Waals surface area contributed by atoms with Gasteiger partial charge in [0, 0.05) is 66.1 Å². The number of amides is 3. The Bertz CT molecular complexity index is 1040. The molecular weight excluding hydrogens is 510 g/mol. The van der Waals surface area contributed by atoms with E-state index < -0.39 is 17.9 Å². The highest BCUT2D eigenvalue weighted by Gasteiger charge is 2.59. The molecule has 5 heterocycles. The third-order valence-corrected chi connectivity index (χ3v) is 10.2. The summed E-state index contributed by atoms with van der Waals surface area (Å²) in [6.07, 6.45) is 1.77. The smallest absolute Gasteiger partial charge is 0.309 e. The van der Waals surface area contributed by atoms with Crippen LogP contribution < -0.4 is 27.4 Å². The Hall–Kier alpha value is -2.19. The van der Waals surface area contributed by atoms with Crippen LogP contribution in [-0.2, 0) is 19.2 Å². The Morgan fingerprint density at radius 1 is 1.16 bits per heavy atom. The zero-order valence-electron chi connectivity index (χ0n) is 21.9. The highest BCUT2D eigenvalue weighted by molar-refractivity contribution is 8.03. The molecule has 5 aliphatic heterocycles. The Morgan fingerprint density at radius 3 is 2.53 bits per heavy atom. The van der Waals surface area contributed by atoms with Crippen molar-refractivity contribution >= 4 is 35.5 Å². The summed E-state index contributed by atoms with van der Waals surface area (Å²) in [5, 5.41) is 19.1. The maximum atomic E-state index is 13.3. The number of nitrogens with two attached hydrogens (primary N) is 2. The molecule has 9 atom stereocenters. The average molecular weight is 550 g/mol. The fourth-order valence-corrected chi connectivity index (χ4v) is 8.15. The van der Waals surface area contributed by atoms with Crippen LogP contribution in [0.25, 0.3) is 0 Å². The third-order valence-electron chi connectivity index (χ3n) is 8.62. The SMILES string of the molecule is C[C@@H](NC(=O)[C@@H]1C[C@H](N)CN1)[C@H]1C(=O)N2C(CC(=O)O)=C(S[C@@H]3CN[C@H](C(=O)N4CC[C@@H](N)C4)C3)[C@H](C)[C@H]12. The highest BCUT2D eigenvalue weighted by atomic mass is 32.2. The molecule has 0 aromatic heterocycles. The van der Waals surface area contributed by atoms with Crippen molar-refractivity contribution < 1.29 is 24.3 Å². The molecule has 38 heavy (non-hydrogen) atoms. The number of hydrogen-bond donors (Lipinski definition) is 6. The Morgan fingerprint density at radius 2 is 1.89 bits per heavy atom. The third kappa shape index (κ3) is 5.06. The van der Waals surface area contributed by atoms with E-state index in [1.807, 2.05) is 18.7 Å². The van der Waals surface area contributed by atoms with Crippen molar-refractivity contribution in [2.24, 2.45) is 23.3 Å². The molecule has 3 amide bonds. The standard InChI is InChI=1S/C25H39N7O5S/c1-11-21-20(12(2)30-23(35)16-5-14(27)8-28-16)25(37)32(21)18(7-19(33)34)22(11)38-15-6-17(29-9-15)24(36)31-4-3-13(26)10-31/h11-17,20-21,28-29H,3-10,26-27H2,1-2H3,(H,30,35)(H,33,34)/t11-,12-,13-,14+,15+,16+,17+,20-,21-/m1/s1. The van der Waals surface area contributed by atoms with E-state index in [1.165, 1.54) is 0 Å². The molecular formula is C25H39N7O5S. The summed E-state index contributed by atoms with van der Waals surface area (Å²) >= 11 is 1.59. The number of aliphatic carboxylic acids is 1. The topological polar surface area (TPSA) is 183 Å². The van der Waals surface area contributed by atoms with Crippen molar-refractivity contribution in [2.75, 3.05) is 26.2 Å². The molecule has 13 heteroatoms. The number of nitrogens with one attached hydrogen (secondary N) is 3. The van der Waals surface area contributed by atoms with Gasteiger partial charge >= 0.3 is 5.97 Å². The zero-order chi connectivity index (χ0) is 27.3. The predicted octanol–water partition coefficient (Wildman–Crippen LogP) is -1.63. The fraction of sp³-hybridized carbons (Fsp3) is 0.760. The lowest BCUT2D eigenvalue weighted by Crippen LogP contribution is -2.66. The largest absolute Gasteiger partial charge is 0.481 e. The van der Waals surface area contributed by atoms with Crippen molar-refractivity contribution in [3.63, 3.8) is 0 Å². The first kappa shape index (κ1) is 27.4. The number of carboxylic acids is 1. The van der Waals surface area contributed by atoms with E-state index in [0.29, 0.717) is 44.7 Å². The zero-order valence-corrected chi connectivity index (χ0v) is 22.7. The Balaban J connectivity index is 1.25. The van der Waals surface area contributed by atoms with Gasteiger partial charge in [-0.3, -0.25) is 19.2 Å². The Labute approximate surface area is 226 Å². The van der Waals surface area contributed by atoms with E-state index in [0.717, 1.165) is 11.3 Å². The van der Waals surface area contributed by atoms with Gasteiger partial charge in [0.1, 0.15) is 0 Å². The summed E-state index contributed by atoms with van der Waals surface area (Å²) in [6, 6.07) is -1.28. The molecule has 5 rings (SSSR count). The van der Waals surface area contributed by atoms with Gasteiger partial charge in [-0.25, -0.2) is 0 Å². The summed E-state index contributed by atoms with van der Waals surface area (Å²) in [6.45, 7) is 6.33. The summed E-state index contributed by atoms with van der Waals surface area (Å²) in [7, 11) is 0. The van der Waals surface area contributed by atoms with Crippen LogP contribution in [0, 0.1) is 11.8 Å². The molecule has 8 N–H and O–H groups in total. The normalized spacial score (nSPS) is 37.4. The van der Waals surface area contributed by atoms with E-state index in [2.05, 4.69) is 16.0 Å². The molecule has 0 spiro atoms. The number of carbonyl (C=O) groups is 4. The van der Waals surface area contributed by atoms with Gasteiger partial charge in [0.15, 0.2) is 0 Å². The number of β-lactam (4-membered cyclic amide) rings is 1. The molecule has 210 valence electrons. The molecule has 0 unspecified atom stereocenters. The molecule has 0 aliphatic carbocycles. The number of carbonyl (C=O) groups excluding carboxylic acids is 3. The fourth-order valence-electron chi connectivity index (χ4n) is 6.66. The highest BCUT2D eigenvalue weighted by Crippen LogP contribution is 2.52. The maximum Gasteiger partial charge on any atom is 0.309 e. The lowest BCUT2D eigenvalue weighted by Gasteiger charge is -2.48. The van der Waals surface area contributed by atoms with Gasteiger partial charge in [-0.2, -0.15) is 0 Å². The summed E-state index contributed by atoms with van der Waals surface area (Å²) in [4.78, 5) is 55.1. The second kappa shape index (κ2) is 10.8. The van der Waals surface area contributed by atoms with Crippen LogP contribution in [-0.4, -0.2) is 106 Å². The number of fused-ring (bicyclic) bond motifs is 1. The van der Waals surface area contributed by atoms with E-state index in [9.17, 15) is 24.3 Å². The number of thioether (sulfide) groups is 1. The minimum atomic E-state index is -0.991. The molecule has 0 saturated carbocycles. The van der Waals surface area contributed by atoms with Crippen molar-refractivity contribution in [1.82, 2.24) is 25.8 Å². The van der Waals surface area contributed by atoms with Crippen LogP contribution >= 0.6 is 11.8 Å². The first-order valence-electron chi connectivity index (χ1n) is 13.6. The number of hydrogen-bond acceptors (Lipinski definition) is 9. The first-order chi connectivity index (χ1) is 18.0. The number of rotatable bonds is 8. The molecule has 4 fully saturated rings. The van der Waals surface area contributed by atoms with Crippen LogP contribution in [0.4, 0.5) is 0 Å². The Kier molecular flexibility index (Phi) is 7.75. The molecule has 4 saturated heterocycles. The van der Waals surface area contributed by atoms with E-state index >= 15 is 0 Å². The van der Waals surface area contributed by atoms with Gasteiger partial charge in [-0.05, 0) is 26.2 Å². The van der Waals surface area contributed by atoms with Crippen molar-refractivity contribution in [3.8, 4) is 0 Å².